The molecular weight excluding hydrogens is 636 g/mol. The number of ether oxygens (including phenoxy) is 6. The summed E-state index contributed by atoms with van der Waals surface area (Å²) in [5, 5.41) is 28.4. The first kappa shape index (κ1) is 34.0. The maximum atomic E-state index is 12.3. The fraction of sp³-hybridized carbons (Fsp3) is 0.0909. The number of esters is 3. The van der Waals surface area contributed by atoms with Crippen LogP contribution >= 0.6 is 0 Å². The molecule has 0 saturated heterocycles. The zero-order chi connectivity index (χ0) is 35.1. The van der Waals surface area contributed by atoms with E-state index in [4.69, 9.17) is 14.2 Å². The van der Waals surface area contributed by atoms with E-state index >= 15 is 0 Å². The average Bonchev–Trinajstić information content (AvgIpc) is 3.06. The highest BCUT2D eigenvalue weighted by Crippen LogP contribution is 2.37. The van der Waals surface area contributed by atoms with Gasteiger partial charge in [-0.3, -0.25) is 0 Å². The smallest absolute Gasteiger partial charge is 0.338 e. The van der Waals surface area contributed by atoms with Crippen molar-refractivity contribution in [1.82, 2.24) is 0 Å². The van der Waals surface area contributed by atoms with Crippen molar-refractivity contribution in [3.63, 3.8) is 0 Å². The van der Waals surface area contributed by atoms with Crippen molar-refractivity contribution in [3.05, 3.63) is 106 Å². The van der Waals surface area contributed by atoms with Crippen LogP contribution in [0.4, 0.5) is 0 Å². The summed E-state index contributed by atoms with van der Waals surface area (Å²) < 4.78 is 31.7. The Morgan fingerprint density at radius 3 is 0.833 bits per heavy atom. The van der Waals surface area contributed by atoms with Gasteiger partial charge in [-0.1, -0.05) is 0 Å². The van der Waals surface area contributed by atoms with Gasteiger partial charge in [-0.25, -0.2) is 28.8 Å². The quantitative estimate of drug-likeness (QED) is 0.126. The molecule has 246 valence electrons. The van der Waals surface area contributed by atoms with Crippen molar-refractivity contribution >= 4 is 35.8 Å². The van der Waals surface area contributed by atoms with Crippen molar-refractivity contribution in [2.75, 3.05) is 21.3 Å². The number of benzene rings is 4. The van der Waals surface area contributed by atoms with Gasteiger partial charge in [-0.2, -0.15) is 0 Å². The third kappa shape index (κ3) is 7.66. The summed E-state index contributed by atoms with van der Waals surface area (Å²) in [6.45, 7) is 0. The molecule has 15 heteroatoms. The highest BCUT2D eigenvalue weighted by atomic mass is 16.5. The molecule has 15 nitrogen and oxygen atoms in total. The van der Waals surface area contributed by atoms with E-state index in [9.17, 15) is 44.1 Å². The Kier molecular flexibility index (Phi) is 10.2. The Hall–Kier alpha value is -6.90. The Morgan fingerprint density at radius 2 is 0.625 bits per heavy atom. The van der Waals surface area contributed by atoms with E-state index in [2.05, 4.69) is 14.2 Å². The molecule has 0 atom stereocenters. The second-order valence-corrected chi connectivity index (χ2v) is 9.46. The monoisotopic (exact) mass is 660 g/mol. The average molecular weight is 661 g/mol. The van der Waals surface area contributed by atoms with Gasteiger partial charge in [-0.05, 0) is 54.6 Å². The fourth-order valence-corrected chi connectivity index (χ4v) is 4.29. The first-order chi connectivity index (χ1) is 22.8. The van der Waals surface area contributed by atoms with Crippen molar-refractivity contribution in [2.24, 2.45) is 0 Å². The van der Waals surface area contributed by atoms with Crippen LogP contribution in [0, 0.1) is 0 Å². The van der Waals surface area contributed by atoms with E-state index < -0.39 is 35.8 Å². The van der Waals surface area contributed by atoms with Crippen molar-refractivity contribution in [1.29, 1.82) is 0 Å². The molecule has 4 rings (SSSR count). The molecule has 0 saturated carbocycles. The number of carbonyl (C=O) groups excluding carboxylic acids is 3. The molecule has 48 heavy (non-hydrogen) atoms. The van der Waals surface area contributed by atoms with Gasteiger partial charge in [0.1, 0.15) is 34.5 Å². The molecule has 4 aromatic carbocycles. The second-order valence-electron chi connectivity index (χ2n) is 9.46. The molecule has 0 spiro atoms. The Balaban J connectivity index is 1.80. The SMILES string of the molecule is COC(=O)c1cc(Oc2cc(Oc3ccc(C(=O)O)c(C(=O)OC)c3)cc(Oc3ccc(C(=O)O)c(C(=O)OC)c3)c2)ccc1C(=O)O. The maximum absolute atomic E-state index is 12.3. The lowest BCUT2D eigenvalue weighted by Crippen LogP contribution is -2.10. The van der Waals surface area contributed by atoms with Gasteiger partial charge in [0.15, 0.2) is 0 Å². The number of aromatic carboxylic acids is 3. The Morgan fingerprint density at radius 1 is 0.375 bits per heavy atom. The number of hydrogen-bond donors (Lipinski definition) is 3. The molecule has 0 heterocycles. The predicted octanol–water partition coefficient (Wildman–Crippen LogP) is 5.52. The maximum Gasteiger partial charge on any atom is 0.338 e. The summed E-state index contributed by atoms with van der Waals surface area (Å²) in [7, 11) is 3.24. The standard InChI is InChI=1S/C33H24O15/c1-43-31(40)25-13-16(4-7-22(25)28(34)35)46-19-10-20(47-17-5-8-23(29(36)37)26(14-17)32(41)44-2)12-21(11-19)48-18-6-9-24(30(38)39)27(15-18)33(42)45-3/h4-15H,1-3H3,(H,34,35)(H,36,37)(H,38,39). The van der Waals surface area contributed by atoms with Gasteiger partial charge in [0.05, 0.1) is 54.7 Å². The molecular formula is C33H24O15. The highest BCUT2D eigenvalue weighted by Gasteiger charge is 2.22. The van der Waals surface area contributed by atoms with Crippen LogP contribution in [0.25, 0.3) is 0 Å². The minimum absolute atomic E-state index is 0.000997. The zero-order valence-corrected chi connectivity index (χ0v) is 25.2. The molecule has 0 radical (unpaired) electrons. The fourth-order valence-electron chi connectivity index (χ4n) is 4.29. The van der Waals surface area contributed by atoms with Crippen LogP contribution < -0.4 is 14.2 Å². The van der Waals surface area contributed by atoms with E-state index in [1.165, 1.54) is 36.4 Å². The number of methoxy groups -OCH3 is 3. The van der Waals surface area contributed by atoms with Crippen LogP contribution in [-0.2, 0) is 14.2 Å². The van der Waals surface area contributed by atoms with Crippen LogP contribution in [0.2, 0.25) is 0 Å². The summed E-state index contributed by atoms with van der Waals surface area (Å²) in [5.41, 5.74) is -1.91. The van der Waals surface area contributed by atoms with Crippen molar-refractivity contribution < 1.29 is 72.5 Å². The van der Waals surface area contributed by atoms with E-state index in [1.54, 1.807) is 0 Å². The summed E-state index contributed by atoms with van der Waals surface area (Å²) in [5.74, 6) is -6.92. The minimum atomic E-state index is -1.38. The van der Waals surface area contributed by atoms with Crippen LogP contribution in [-0.4, -0.2) is 72.5 Å². The van der Waals surface area contributed by atoms with E-state index in [0.29, 0.717) is 0 Å². The van der Waals surface area contributed by atoms with Gasteiger partial charge in [-0.15, -0.1) is 0 Å². The lowest BCUT2D eigenvalue weighted by atomic mass is 10.1. The van der Waals surface area contributed by atoms with Crippen LogP contribution in [0.3, 0.4) is 0 Å². The molecule has 0 aliphatic rings. The molecule has 3 N–H and O–H groups in total. The van der Waals surface area contributed by atoms with Crippen LogP contribution in [0.5, 0.6) is 34.5 Å². The van der Waals surface area contributed by atoms with Gasteiger partial charge in [0.25, 0.3) is 0 Å². The first-order valence-electron chi connectivity index (χ1n) is 13.4. The second kappa shape index (κ2) is 14.5. The zero-order valence-electron chi connectivity index (χ0n) is 25.2. The number of carboxylic acid groups (broad SMARTS) is 3. The van der Waals surface area contributed by atoms with E-state index in [1.807, 2.05) is 0 Å². The van der Waals surface area contributed by atoms with Crippen LogP contribution in [0.1, 0.15) is 62.1 Å². The molecule has 0 aliphatic heterocycles. The summed E-state index contributed by atoms with van der Waals surface area (Å²) >= 11 is 0. The van der Waals surface area contributed by atoms with Gasteiger partial charge in [0.2, 0.25) is 0 Å². The highest BCUT2D eigenvalue weighted by molar-refractivity contribution is 6.04. The van der Waals surface area contributed by atoms with Crippen LogP contribution in [0.15, 0.2) is 72.8 Å². The van der Waals surface area contributed by atoms with Crippen molar-refractivity contribution in [3.8, 4) is 34.5 Å². The Bertz CT molecular complexity index is 1730. The molecule has 0 fully saturated rings. The topological polar surface area (TPSA) is 218 Å². The number of rotatable bonds is 12. The molecule has 0 aliphatic carbocycles. The molecule has 0 aromatic heterocycles. The van der Waals surface area contributed by atoms with Gasteiger partial charge < -0.3 is 43.7 Å². The lowest BCUT2D eigenvalue weighted by Gasteiger charge is -2.15. The number of carbonyl (C=O) groups is 6. The summed E-state index contributed by atoms with van der Waals surface area (Å²) in [6.07, 6.45) is 0. The predicted molar refractivity (Wildman–Crippen MR) is 161 cm³/mol. The largest absolute Gasteiger partial charge is 0.478 e. The number of hydrogen-bond acceptors (Lipinski definition) is 12. The third-order valence-corrected chi connectivity index (χ3v) is 6.44. The summed E-state index contributed by atoms with van der Waals surface area (Å²) in [6, 6.07) is 14.7. The van der Waals surface area contributed by atoms with Gasteiger partial charge in [0, 0.05) is 18.2 Å². The number of carboxylic acids is 3. The third-order valence-electron chi connectivity index (χ3n) is 6.44. The molecule has 0 amide bonds. The molecule has 4 aromatic rings. The Labute approximate surface area is 270 Å². The van der Waals surface area contributed by atoms with Gasteiger partial charge >= 0.3 is 35.8 Å². The first-order valence-corrected chi connectivity index (χ1v) is 13.4. The molecule has 0 unspecified atom stereocenters. The minimum Gasteiger partial charge on any atom is -0.478 e. The van der Waals surface area contributed by atoms with E-state index in [-0.39, 0.29) is 67.9 Å². The van der Waals surface area contributed by atoms with Crippen molar-refractivity contribution in [2.45, 2.75) is 0 Å². The van der Waals surface area contributed by atoms with E-state index in [0.717, 1.165) is 57.7 Å². The lowest BCUT2D eigenvalue weighted by molar-refractivity contribution is 0.0579. The molecule has 0 bridgehead atoms. The summed E-state index contributed by atoms with van der Waals surface area (Å²) in [4.78, 5) is 71.7. The normalized spacial score (nSPS) is 10.3.